The lowest BCUT2D eigenvalue weighted by Gasteiger charge is -2.14. The summed E-state index contributed by atoms with van der Waals surface area (Å²) in [5, 5.41) is 0. The van der Waals surface area contributed by atoms with Gasteiger partial charge in [0, 0.05) is 19.2 Å². The Balaban J connectivity index is 2.41. The molecule has 18 heavy (non-hydrogen) atoms. The molecule has 1 rings (SSSR count). The smallest absolute Gasteiger partial charge is 0.0946 e. The maximum atomic E-state index is 4.56. The van der Waals surface area contributed by atoms with Crippen LogP contribution in [0.15, 0.2) is 12.5 Å². The highest BCUT2D eigenvalue weighted by Crippen LogP contribution is 2.27. The van der Waals surface area contributed by atoms with Crippen molar-refractivity contribution >= 4 is 0 Å². The first-order valence-electron chi connectivity index (χ1n) is 7.75. The predicted octanol–water partition coefficient (Wildman–Crippen LogP) is 5.05. The van der Waals surface area contributed by atoms with E-state index in [0.717, 1.165) is 0 Å². The van der Waals surface area contributed by atoms with Crippen LogP contribution in [0, 0.1) is 0 Å². The zero-order valence-electron chi connectivity index (χ0n) is 12.5. The first kappa shape index (κ1) is 15.3. The minimum absolute atomic E-state index is 0.689. The van der Waals surface area contributed by atoms with Crippen LogP contribution < -0.4 is 0 Å². The van der Waals surface area contributed by atoms with Gasteiger partial charge in [0.15, 0.2) is 0 Å². The van der Waals surface area contributed by atoms with Gasteiger partial charge in [0.05, 0.1) is 12.0 Å². The van der Waals surface area contributed by atoms with E-state index in [1.165, 1.54) is 63.5 Å². The SMILES string of the molecule is CCCCCCC(CCCCC)c1cn(C)cn1. The third-order valence-electron chi connectivity index (χ3n) is 3.71. The van der Waals surface area contributed by atoms with Crippen LogP contribution in [0.3, 0.4) is 0 Å². The number of aromatic nitrogens is 2. The van der Waals surface area contributed by atoms with Gasteiger partial charge in [-0.1, -0.05) is 58.8 Å². The summed E-state index contributed by atoms with van der Waals surface area (Å²) in [6, 6.07) is 0. The molecule has 0 aromatic carbocycles. The zero-order valence-corrected chi connectivity index (χ0v) is 12.5. The van der Waals surface area contributed by atoms with Gasteiger partial charge in [0.25, 0.3) is 0 Å². The third-order valence-corrected chi connectivity index (χ3v) is 3.71. The molecule has 0 radical (unpaired) electrons. The molecule has 0 saturated carbocycles. The highest BCUT2D eigenvalue weighted by atomic mass is 15.0. The zero-order chi connectivity index (χ0) is 13.2. The van der Waals surface area contributed by atoms with Gasteiger partial charge >= 0.3 is 0 Å². The molecule has 1 aromatic rings. The molecular weight excluding hydrogens is 220 g/mol. The van der Waals surface area contributed by atoms with Gasteiger partial charge in [-0.3, -0.25) is 0 Å². The van der Waals surface area contributed by atoms with Gasteiger partial charge in [0.1, 0.15) is 0 Å². The summed E-state index contributed by atoms with van der Waals surface area (Å²) in [7, 11) is 2.07. The Morgan fingerprint density at radius 3 is 2.17 bits per heavy atom. The molecule has 104 valence electrons. The second kappa shape index (κ2) is 9.18. The molecule has 0 aliphatic rings. The molecule has 0 saturated heterocycles. The number of nitrogens with zero attached hydrogens (tertiary/aromatic N) is 2. The van der Waals surface area contributed by atoms with Crippen LogP contribution in [0.4, 0.5) is 0 Å². The Morgan fingerprint density at radius 2 is 1.61 bits per heavy atom. The van der Waals surface area contributed by atoms with Crippen molar-refractivity contribution in [2.45, 2.75) is 77.6 Å². The summed E-state index contributed by atoms with van der Waals surface area (Å²) in [4.78, 5) is 4.56. The second-order valence-electron chi connectivity index (χ2n) is 5.51. The van der Waals surface area contributed by atoms with Crippen LogP contribution in [-0.4, -0.2) is 9.55 Å². The maximum Gasteiger partial charge on any atom is 0.0946 e. The molecule has 0 fully saturated rings. The van der Waals surface area contributed by atoms with Crippen LogP contribution in [-0.2, 0) is 7.05 Å². The average molecular weight is 250 g/mol. The predicted molar refractivity (Wildman–Crippen MR) is 78.9 cm³/mol. The molecule has 0 bridgehead atoms. The van der Waals surface area contributed by atoms with E-state index in [4.69, 9.17) is 0 Å². The van der Waals surface area contributed by atoms with Gasteiger partial charge in [-0.05, 0) is 12.8 Å². The summed E-state index contributed by atoms with van der Waals surface area (Å²) < 4.78 is 2.08. The number of unbranched alkanes of at least 4 members (excludes halogenated alkanes) is 5. The molecule has 1 atom stereocenters. The molecule has 0 aliphatic heterocycles. The van der Waals surface area contributed by atoms with Gasteiger partial charge in [-0.2, -0.15) is 0 Å². The maximum absolute atomic E-state index is 4.56. The lowest BCUT2D eigenvalue weighted by atomic mass is 9.92. The van der Waals surface area contributed by atoms with E-state index < -0.39 is 0 Å². The molecular formula is C16H30N2. The summed E-state index contributed by atoms with van der Waals surface area (Å²) >= 11 is 0. The largest absolute Gasteiger partial charge is 0.340 e. The van der Waals surface area contributed by atoms with Gasteiger partial charge in [0.2, 0.25) is 0 Å². The Morgan fingerprint density at radius 1 is 1.00 bits per heavy atom. The summed E-state index contributed by atoms with van der Waals surface area (Å²) in [6.45, 7) is 4.55. The molecule has 0 N–H and O–H groups in total. The Labute approximate surface area is 113 Å². The number of hydrogen-bond acceptors (Lipinski definition) is 1. The van der Waals surface area contributed by atoms with E-state index in [9.17, 15) is 0 Å². The van der Waals surface area contributed by atoms with Crippen molar-refractivity contribution in [2.24, 2.45) is 7.05 Å². The third kappa shape index (κ3) is 5.70. The van der Waals surface area contributed by atoms with E-state index >= 15 is 0 Å². The quantitative estimate of drug-likeness (QED) is 0.531. The van der Waals surface area contributed by atoms with Crippen molar-refractivity contribution in [1.82, 2.24) is 9.55 Å². The van der Waals surface area contributed by atoms with E-state index in [2.05, 4.69) is 36.6 Å². The van der Waals surface area contributed by atoms with Crippen molar-refractivity contribution < 1.29 is 0 Å². The first-order chi connectivity index (χ1) is 8.77. The van der Waals surface area contributed by atoms with Gasteiger partial charge in [-0.15, -0.1) is 0 Å². The molecule has 2 nitrogen and oxygen atoms in total. The topological polar surface area (TPSA) is 17.8 Å². The number of rotatable bonds is 10. The van der Waals surface area contributed by atoms with E-state index in [0.29, 0.717) is 5.92 Å². The van der Waals surface area contributed by atoms with E-state index in [1.807, 2.05) is 6.33 Å². The molecule has 1 aromatic heterocycles. The van der Waals surface area contributed by atoms with Crippen molar-refractivity contribution in [1.29, 1.82) is 0 Å². The molecule has 2 heteroatoms. The standard InChI is InChI=1S/C16H30N2/c1-4-6-8-10-12-15(11-9-7-5-2)16-13-18(3)14-17-16/h13-15H,4-12H2,1-3H3. The first-order valence-corrected chi connectivity index (χ1v) is 7.75. The highest BCUT2D eigenvalue weighted by molar-refractivity contribution is 5.04. The normalized spacial score (nSPS) is 12.8. The summed E-state index contributed by atoms with van der Waals surface area (Å²) in [5.41, 5.74) is 1.31. The van der Waals surface area contributed by atoms with Gasteiger partial charge in [-0.25, -0.2) is 4.98 Å². The summed E-state index contributed by atoms with van der Waals surface area (Å²) in [5.74, 6) is 0.689. The Bertz CT molecular complexity index is 304. The van der Waals surface area contributed by atoms with Gasteiger partial charge < -0.3 is 4.57 Å². The average Bonchev–Trinajstić information content (AvgIpc) is 2.79. The van der Waals surface area contributed by atoms with Crippen molar-refractivity contribution in [3.63, 3.8) is 0 Å². The molecule has 0 spiro atoms. The van der Waals surface area contributed by atoms with Crippen molar-refractivity contribution in [2.75, 3.05) is 0 Å². The van der Waals surface area contributed by atoms with Crippen molar-refractivity contribution in [3.05, 3.63) is 18.2 Å². The van der Waals surface area contributed by atoms with Crippen LogP contribution in [0.5, 0.6) is 0 Å². The van der Waals surface area contributed by atoms with E-state index in [-0.39, 0.29) is 0 Å². The van der Waals surface area contributed by atoms with Crippen LogP contribution >= 0.6 is 0 Å². The second-order valence-corrected chi connectivity index (χ2v) is 5.51. The highest BCUT2D eigenvalue weighted by Gasteiger charge is 2.13. The molecule has 1 heterocycles. The van der Waals surface area contributed by atoms with Crippen LogP contribution in [0.1, 0.15) is 83.2 Å². The number of hydrogen-bond donors (Lipinski definition) is 0. The fourth-order valence-electron chi connectivity index (χ4n) is 2.54. The minimum atomic E-state index is 0.689. The fraction of sp³-hybridized carbons (Fsp3) is 0.812. The molecule has 0 aliphatic carbocycles. The van der Waals surface area contributed by atoms with Crippen LogP contribution in [0.2, 0.25) is 0 Å². The lowest BCUT2D eigenvalue weighted by molar-refractivity contribution is 0.494. The number of aryl methyl sites for hydroxylation is 1. The fourth-order valence-corrected chi connectivity index (χ4v) is 2.54. The lowest BCUT2D eigenvalue weighted by Crippen LogP contribution is -2.00. The Hall–Kier alpha value is -0.790. The molecule has 1 unspecified atom stereocenters. The van der Waals surface area contributed by atoms with E-state index in [1.54, 1.807) is 0 Å². The monoisotopic (exact) mass is 250 g/mol. The number of imidazole rings is 1. The van der Waals surface area contributed by atoms with Crippen molar-refractivity contribution in [3.8, 4) is 0 Å². The Kier molecular flexibility index (Phi) is 7.79. The minimum Gasteiger partial charge on any atom is -0.340 e. The van der Waals surface area contributed by atoms with Crippen LogP contribution in [0.25, 0.3) is 0 Å². The molecule has 0 amide bonds. The summed E-state index contributed by atoms with van der Waals surface area (Å²) in [6.07, 6.45) is 16.2.